The molecule has 8 nitrogen and oxygen atoms in total. The third-order valence-corrected chi connectivity index (χ3v) is 2.93. The lowest BCUT2D eigenvalue weighted by Gasteiger charge is -2.08. The van der Waals surface area contributed by atoms with Gasteiger partial charge in [0.15, 0.2) is 0 Å². The Labute approximate surface area is 121 Å². The average Bonchev–Trinajstić information content (AvgIpc) is 3.00. The molecule has 0 radical (unpaired) electrons. The molecule has 0 aliphatic carbocycles. The molecule has 0 amide bonds. The lowest BCUT2D eigenvalue weighted by Crippen LogP contribution is -2.11. The molecule has 3 rings (SSSR count). The van der Waals surface area contributed by atoms with Crippen molar-refractivity contribution in [1.82, 2.24) is 29.7 Å². The first-order valence-corrected chi connectivity index (χ1v) is 6.37. The molecule has 0 saturated carbocycles. The van der Waals surface area contributed by atoms with Crippen molar-refractivity contribution in [2.45, 2.75) is 13.5 Å². The van der Waals surface area contributed by atoms with Crippen molar-refractivity contribution in [3.8, 4) is 5.95 Å². The van der Waals surface area contributed by atoms with Crippen LogP contribution < -0.4 is 11.1 Å². The van der Waals surface area contributed by atoms with Gasteiger partial charge in [0.05, 0.1) is 0 Å². The molecule has 3 aromatic heterocycles. The first-order valence-electron chi connectivity index (χ1n) is 6.37. The molecule has 0 aliphatic heterocycles. The Balaban J connectivity index is 1.81. The van der Waals surface area contributed by atoms with Gasteiger partial charge in [-0.3, -0.25) is 4.98 Å². The Kier molecular flexibility index (Phi) is 3.42. The maximum Gasteiger partial charge on any atom is 0.257 e. The van der Waals surface area contributed by atoms with E-state index in [1.807, 2.05) is 13.0 Å². The zero-order valence-corrected chi connectivity index (χ0v) is 11.4. The summed E-state index contributed by atoms with van der Waals surface area (Å²) in [4.78, 5) is 16.5. The van der Waals surface area contributed by atoms with E-state index in [0.717, 1.165) is 11.1 Å². The first kappa shape index (κ1) is 13.0. The summed E-state index contributed by atoms with van der Waals surface area (Å²) in [5.74, 6) is 0.912. The number of pyridine rings is 1. The summed E-state index contributed by atoms with van der Waals surface area (Å²) >= 11 is 0. The van der Waals surface area contributed by atoms with Gasteiger partial charge in [-0.25, -0.2) is 4.68 Å². The van der Waals surface area contributed by atoms with Gasteiger partial charge in [-0.1, -0.05) is 0 Å². The van der Waals surface area contributed by atoms with Gasteiger partial charge in [0.25, 0.3) is 5.95 Å². The van der Waals surface area contributed by atoms with E-state index in [-0.39, 0.29) is 5.95 Å². The number of nitrogens with one attached hydrogen (secondary N) is 1. The molecule has 21 heavy (non-hydrogen) atoms. The largest absolute Gasteiger partial charge is 0.368 e. The highest BCUT2D eigenvalue weighted by molar-refractivity contribution is 5.36. The number of aromatic nitrogens is 6. The summed E-state index contributed by atoms with van der Waals surface area (Å²) < 4.78 is 1.53. The summed E-state index contributed by atoms with van der Waals surface area (Å²) in [6.07, 6.45) is 6.95. The second-order valence-corrected chi connectivity index (χ2v) is 4.42. The second-order valence-electron chi connectivity index (χ2n) is 4.42. The monoisotopic (exact) mass is 282 g/mol. The third-order valence-electron chi connectivity index (χ3n) is 2.93. The maximum absolute atomic E-state index is 5.71. The normalized spacial score (nSPS) is 10.5. The lowest BCUT2D eigenvalue weighted by atomic mass is 10.2. The third kappa shape index (κ3) is 2.94. The molecule has 0 aliphatic rings. The number of nitrogens with zero attached hydrogens (tertiary/aromatic N) is 6. The van der Waals surface area contributed by atoms with E-state index < -0.39 is 0 Å². The van der Waals surface area contributed by atoms with Gasteiger partial charge in [-0.05, 0) is 30.2 Å². The molecule has 3 aromatic rings. The van der Waals surface area contributed by atoms with E-state index in [9.17, 15) is 0 Å². The fraction of sp³-hybridized carbons (Fsp3) is 0.154. The van der Waals surface area contributed by atoms with Gasteiger partial charge in [0.2, 0.25) is 11.9 Å². The molecule has 3 N–H and O–H groups in total. The maximum atomic E-state index is 5.71. The van der Waals surface area contributed by atoms with Crippen LogP contribution in [0.15, 0.2) is 36.9 Å². The van der Waals surface area contributed by atoms with E-state index in [1.54, 1.807) is 30.9 Å². The molecular weight excluding hydrogens is 268 g/mol. The van der Waals surface area contributed by atoms with Crippen LogP contribution >= 0.6 is 0 Å². The van der Waals surface area contributed by atoms with E-state index in [2.05, 4.69) is 30.4 Å². The number of hydrogen-bond acceptors (Lipinski definition) is 7. The van der Waals surface area contributed by atoms with Gasteiger partial charge in [0.1, 0.15) is 0 Å². The number of hydrogen-bond donors (Lipinski definition) is 2. The topological polar surface area (TPSA) is 107 Å². The predicted molar refractivity (Wildman–Crippen MR) is 77.7 cm³/mol. The Morgan fingerprint density at radius 2 is 2.14 bits per heavy atom. The summed E-state index contributed by atoms with van der Waals surface area (Å²) in [7, 11) is 0. The molecule has 0 saturated heterocycles. The number of anilines is 2. The molecule has 8 heteroatoms. The van der Waals surface area contributed by atoms with Crippen LogP contribution in [0.5, 0.6) is 0 Å². The number of aryl methyl sites for hydroxylation is 1. The summed E-state index contributed by atoms with van der Waals surface area (Å²) in [5, 5.41) is 7.19. The Morgan fingerprint density at radius 1 is 1.24 bits per heavy atom. The van der Waals surface area contributed by atoms with Crippen LogP contribution in [0, 0.1) is 6.92 Å². The summed E-state index contributed by atoms with van der Waals surface area (Å²) in [5.41, 5.74) is 7.92. The zero-order chi connectivity index (χ0) is 14.7. The highest BCUT2D eigenvalue weighted by Gasteiger charge is 2.07. The minimum atomic E-state index is 0.140. The second kappa shape index (κ2) is 5.53. The van der Waals surface area contributed by atoms with Crippen molar-refractivity contribution < 1.29 is 0 Å². The Bertz CT molecular complexity index is 738. The van der Waals surface area contributed by atoms with Crippen LogP contribution in [0.3, 0.4) is 0 Å². The van der Waals surface area contributed by atoms with Crippen molar-refractivity contribution in [1.29, 1.82) is 0 Å². The van der Waals surface area contributed by atoms with E-state index in [4.69, 9.17) is 5.73 Å². The number of nitrogen functional groups attached to an aromatic ring is 1. The van der Waals surface area contributed by atoms with Crippen LogP contribution in [0.4, 0.5) is 11.9 Å². The van der Waals surface area contributed by atoms with E-state index >= 15 is 0 Å². The Morgan fingerprint density at radius 3 is 2.90 bits per heavy atom. The highest BCUT2D eigenvalue weighted by Crippen LogP contribution is 2.10. The average molecular weight is 282 g/mol. The molecule has 0 aromatic carbocycles. The minimum Gasteiger partial charge on any atom is -0.368 e. The zero-order valence-electron chi connectivity index (χ0n) is 11.4. The van der Waals surface area contributed by atoms with Crippen molar-refractivity contribution in [3.05, 3.63) is 48.0 Å². The molecular formula is C13H14N8. The van der Waals surface area contributed by atoms with Gasteiger partial charge in [-0.2, -0.15) is 20.1 Å². The van der Waals surface area contributed by atoms with Gasteiger partial charge < -0.3 is 11.1 Å². The van der Waals surface area contributed by atoms with Crippen LogP contribution in [0.1, 0.15) is 11.1 Å². The van der Waals surface area contributed by atoms with Crippen LogP contribution in [-0.4, -0.2) is 29.7 Å². The van der Waals surface area contributed by atoms with E-state index in [0.29, 0.717) is 18.4 Å². The lowest BCUT2D eigenvalue weighted by molar-refractivity contribution is 0.798. The van der Waals surface area contributed by atoms with Crippen molar-refractivity contribution in [2.24, 2.45) is 0 Å². The quantitative estimate of drug-likeness (QED) is 0.733. The smallest absolute Gasteiger partial charge is 0.257 e. The van der Waals surface area contributed by atoms with Gasteiger partial charge in [0, 0.05) is 31.3 Å². The van der Waals surface area contributed by atoms with Crippen LogP contribution in [0.2, 0.25) is 0 Å². The molecule has 0 spiro atoms. The molecule has 0 unspecified atom stereocenters. The first-order chi connectivity index (χ1) is 10.2. The SMILES string of the molecule is Cc1ccncc1CNc1nc(N)nc(-n2cccn2)n1. The highest BCUT2D eigenvalue weighted by atomic mass is 15.4. The van der Waals surface area contributed by atoms with Crippen molar-refractivity contribution >= 4 is 11.9 Å². The minimum absolute atomic E-state index is 0.140. The molecule has 3 heterocycles. The fourth-order valence-electron chi connectivity index (χ4n) is 1.81. The van der Waals surface area contributed by atoms with Gasteiger partial charge >= 0.3 is 0 Å². The van der Waals surface area contributed by atoms with Crippen LogP contribution in [0.25, 0.3) is 5.95 Å². The molecule has 0 bridgehead atoms. The summed E-state index contributed by atoms with van der Waals surface area (Å²) in [6, 6.07) is 3.74. The van der Waals surface area contributed by atoms with Gasteiger partial charge in [-0.15, -0.1) is 0 Å². The fourth-order valence-corrected chi connectivity index (χ4v) is 1.81. The molecule has 0 fully saturated rings. The standard InChI is InChI=1S/C13H14N8/c1-9-3-5-15-7-10(9)8-16-12-18-11(14)19-13(20-12)21-6-2-4-17-21/h2-7H,8H2,1H3,(H3,14,16,18,19,20). The number of nitrogens with two attached hydrogens (primary N) is 1. The van der Waals surface area contributed by atoms with Crippen molar-refractivity contribution in [3.63, 3.8) is 0 Å². The predicted octanol–water partition coefficient (Wildman–Crippen LogP) is 0.955. The molecule has 0 atom stereocenters. The molecule has 106 valence electrons. The van der Waals surface area contributed by atoms with Crippen LogP contribution in [-0.2, 0) is 6.54 Å². The number of rotatable bonds is 4. The Hall–Kier alpha value is -3.03. The van der Waals surface area contributed by atoms with E-state index in [1.165, 1.54) is 4.68 Å². The van der Waals surface area contributed by atoms with Crippen molar-refractivity contribution in [2.75, 3.05) is 11.1 Å². The summed E-state index contributed by atoms with van der Waals surface area (Å²) in [6.45, 7) is 2.58.